The van der Waals surface area contributed by atoms with Crippen LogP contribution in [0.2, 0.25) is 0 Å². The fraction of sp³-hybridized carbons (Fsp3) is 0.571. The van der Waals surface area contributed by atoms with Gasteiger partial charge in [0.05, 0.1) is 18.4 Å². The van der Waals surface area contributed by atoms with Crippen LogP contribution >= 0.6 is 15.9 Å². The van der Waals surface area contributed by atoms with Gasteiger partial charge in [-0.15, -0.1) is 0 Å². The van der Waals surface area contributed by atoms with Crippen LogP contribution in [0.4, 0.5) is 5.69 Å². The highest BCUT2D eigenvalue weighted by Crippen LogP contribution is 2.32. The van der Waals surface area contributed by atoms with Gasteiger partial charge in [-0.05, 0) is 44.9 Å². The van der Waals surface area contributed by atoms with Gasteiger partial charge >= 0.3 is 0 Å². The molecule has 1 N–H and O–H groups in total. The summed E-state index contributed by atoms with van der Waals surface area (Å²) in [7, 11) is 1.70. The molecule has 1 aliphatic heterocycles. The molecule has 1 aromatic rings. The molecular weight excluding hydrogens is 294 g/mol. The zero-order valence-electron chi connectivity index (χ0n) is 11.1. The van der Waals surface area contributed by atoms with Crippen LogP contribution in [0, 0.1) is 0 Å². The molecule has 0 amide bonds. The number of ether oxygens (including phenoxy) is 2. The second kappa shape index (κ2) is 5.49. The SMILES string of the molecule is COc1ccc(Br)cc1NC1CCOC(C)(C)C1. The topological polar surface area (TPSA) is 30.5 Å². The third kappa shape index (κ3) is 3.39. The maximum Gasteiger partial charge on any atom is 0.142 e. The first-order valence-electron chi connectivity index (χ1n) is 6.24. The van der Waals surface area contributed by atoms with E-state index in [0.717, 1.165) is 35.4 Å². The average molecular weight is 314 g/mol. The fourth-order valence-corrected chi connectivity index (χ4v) is 2.73. The lowest BCUT2D eigenvalue weighted by atomic mass is 9.94. The minimum Gasteiger partial charge on any atom is -0.495 e. The number of rotatable bonds is 3. The standard InChI is InChI=1S/C14H20BrNO2/c1-14(2)9-11(6-7-18-14)16-12-8-10(15)4-5-13(12)17-3/h4-5,8,11,16H,6-7,9H2,1-3H3. The molecule has 1 unspecified atom stereocenters. The molecular formula is C14H20BrNO2. The van der Waals surface area contributed by atoms with E-state index in [2.05, 4.69) is 41.2 Å². The molecule has 3 nitrogen and oxygen atoms in total. The largest absolute Gasteiger partial charge is 0.495 e. The summed E-state index contributed by atoms with van der Waals surface area (Å²) in [5.41, 5.74) is 0.990. The maximum absolute atomic E-state index is 5.73. The van der Waals surface area contributed by atoms with Crippen LogP contribution in [0.5, 0.6) is 5.75 Å². The number of anilines is 1. The van der Waals surface area contributed by atoms with Gasteiger partial charge in [0, 0.05) is 17.1 Å². The van der Waals surface area contributed by atoms with E-state index < -0.39 is 0 Å². The zero-order valence-corrected chi connectivity index (χ0v) is 12.7. The second-order valence-corrected chi connectivity index (χ2v) is 6.20. The Morgan fingerprint density at radius 3 is 2.89 bits per heavy atom. The minimum absolute atomic E-state index is 0.0465. The van der Waals surface area contributed by atoms with E-state index in [-0.39, 0.29) is 5.60 Å². The van der Waals surface area contributed by atoms with Crippen molar-refractivity contribution in [3.63, 3.8) is 0 Å². The van der Waals surface area contributed by atoms with Crippen molar-refractivity contribution in [3.05, 3.63) is 22.7 Å². The Morgan fingerprint density at radius 1 is 1.44 bits per heavy atom. The van der Waals surface area contributed by atoms with Gasteiger partial charge < -0.3 is 14.8 Å². The van der Waals surface area contributed by atoms with Crippen molar-refractivity contribution in [3.8, 4) is 5.75 Å². The first-order chi connectivity index (χ1) is 8.50. The summed E-state index contributed by atoms with van der Waals surface area (Å²) >= 11 is 3.49. The average Bonchev–Trinajstić information content (AvgIpc) is 2.28. The Bertz CT molecular complexity index is 420. The lowest BCUT2D eigenvalue weighted by molar-refractivity contribution is -0.0553. The van der Waals surface area contributed by atoms with Gasteiger partial charge in [-0.1, -0.05) is 15.9 Å². The minimum atomic E-state index is -0.0465. The molecule has 2 rings (SSSR count). The third-order valence-corrected chi connectivity index (χ3v) is 3.71. The second-order valence-electron chi connectivity index (χ2n) is 5.29. The smallest absolute Gasteiger partial charge is 0.142 e. The van der Waals surface area contributed by atoms with Gasteiger partial charge in [-0.25, -0.2) is 0 Å². The van der Waals surface area contributed by atoms with Gasteiger partial charge in [0.2, 0.25) is 0 Å². The van der Waals surface area contributed by atoms with Crippen molar-refractivity contribution < 1.29 is 9.47 Å². The normalized spacial score (nSPS) is 22.6. The van der Waals surface area contributed by atoms with Crippen molar-refractivity contribution in [2.45, 2.75) is 38.3 Å². The molecule has 1 saturated heterocycles. The fourth-order valence-electron chi connectivity index (χ4n) is 2.37. The van der Waals surface area contributed by atoms with Crippen LogP contribution in [0.3, 0.4) is 0 Å². The van der Waals surface area contributed by atoms with Gasteiger partial charge in [0.1, 0.15) is 5.75 Å². The first-order valence-corrected chi connectivity index (χ1v) is 7.03. The van der Waals surface area contributed by atoms with E-state index in [1.165, 1.54) is 0 Å². The highest BCUT2D eigenvalue weighted by Gasteiger charge is 2.29. The monoisotopic (exact) mass is 313 g/mol. The van der Waals surface area contributed by atoms with Crippen LogP contribution in [-0.4, -0.2) is 25.4 Å². The zero-order chi connectivity index (χ0) is 13.2. The first kappa shape index (κ1) is 13.7. The van der Waals surface area contributed by atoms with E-state index in [4.69, 9.17) is 9.47 Å². The van der Waals surface area contributed by atoms with Crippen LogP contribution in [0.15, 0.2) is 22.7 Å². The molecule has 1 heterocycles. The molecule has 1 atom stereocenters. The number of halogens is 1. The van der Waals surface area contributed by atoms with Crippen LogP contribution in [0.1, 0.15) is 26.7 Å². The lowest BCUT2D eigenvalue weighted by Crippen LogP contribution is -2.40. The summed E-state index contributed by atoms with van der Waals surface area (Å²) in [5.74, 6) is 0.877. The molecule has 18 heavy (non-hydrogen) atoms. The molecule has 0 aromatic heterocycles. The van der Waals surface area contributed by atoms with E-state index in [9.17, 15) is 0 Å². The molecule has 1 fully saturated rings. The molecule has 0 aliphatic carbocycles. The van der Waals surface area contributed by atoms with E-state index >= 15 is 0 Å². The Labute approximate surface area is 117 Å². The Kier molecular flexibility index (Phi) is 4.17. The summed E-state index contributed by atoms with van der Waals surface area (Å²) < 4.78 is 12.2. The summed E-state index contributed by atoms with van der Waals surface area (Å²) in [4.78, 5) is 0. The molecule has 0 bridgehead atoms. The van der Waals surface area contributed by atoms with Gasteiger partial charge in [0.25, 0.3) is 0 Å². The maximum atomic E-state index is 5.73. The molecule has 0 radical (unpaired) electrons. The van der Waals surface area contributed by atoms with E-state index in [0.29, 0.717) is 6.04 Å². The Balaban J connectivity index is 2.11. The quantitative estimate of drug-likeness (QED) is 0.920. The van der Waals surface area contributed by atoms with E-state index in [1.54, 1.807) is 7.11 Å². The summed E-state index contributed by atoms with van der Waals surface area (Å²) in [6.45, 7) is 5.08. The van der Waals surface area contributed by atoms with Crippen molar-refractivity contribution >= 4 is 21.6 Å². The molecule has 4 heteroatoms. The summed E-state index contributed by atoms with van der Waals surface area (Å²) in [6, 6.07) is 6.44. The van der Waals surface area contributed by atoms with Gasteiger partial charge in [-0.2, -0.15) is 0 Å². The number of methoxy groups -OCH3 is 1. The molecule has 0 spiro atoms. The van der Waals surface area contributed by atoms with Crippen molar-refractivity contribution in [2.75, 3.05) is 19.0 Å². The number of hydrogen-bond acceptors (Lipinski definition) is 3. The number of hydrogen-bond donors (Lipinski definition) is 1. The molecule has 0 saturated carbocycles. The highest BCUT2D eigenvalue weighted by molar-refractivity contribution is 9.10. The van der Waals surface area contributed by atoms with Crippen LogP contribution in [-0.2, 0) is 4.74 Å². The Hall–Kier alpha value is -0.740. The number of benzene rings is 1. The van der Waals surface area contributed by atoms with Crippen molar-refractivity contribution in [2.24, 2.45) is 0 Å². The van der Waals surface area contributed by atoms with Gasteiger partial charge in [0.15, 0.2) is 0 Å². The van der Waals surface area contributed by atoms with Crippen LogP contribution in [0.25, 0.3) is 0 Å². The predicted molar refractivity (Wildman–Crippen MR) is 77.4 cm³/mol. The predicted octanol–water partition coefficient (Wildman–Crippen LogP) is 3.83. The summed E-state index contributed by atoms with van der Waals surface area (Å²) in [5, 5.41) is 3.56. The van der Waals surface area contributed by atoms with Gasteiger partial charge in [-0.3, -0.25) is 0 Å². The highest BCUT2D eigenvalue weighted by atomic mass is 79.9. The Morgan fingerprint density at radius 2 is 2.22 bits per heavy atom. The molecule has 1 aliphatic rings. The van der Waals surface area contributed by atoms with E-state index in [1.807, 2.05) is 12.1 Å². The van der Waals surface area contributed by atoms with Crippen LogP contribution < -0.4 is 10.1 Å². The molecule has 100 valence electrons. The van der Waals surface area contributed by atoms with Crippen molar-refractivity contribution in [1.29, 1.82) is 0 Å². The third-order valence-electron chi connectivity index (χ3n) is 3.22. The lowest BCUT2D eigenvalue weighted by Gasteiger charge is -2.36. The molecule has 1 aromatic carbocycles. The van der Waals surface area contributed by atoms with Crippen molar-refractivity contribution in [1.82, 2.24) is 0 Å². The summed E-state index contributed by atoms with van der Waals surface area (Å²) in [6.07, 6.45) is 2.03. The number of nitrogens with one attached hydrogen (secondary N) is 1.